The maximum absolute atomic E-state index is 6.12. The van der Waals surface area contributed by atoms with E-state index in [4.69, 9.17) is 23.2 Å². The molecule has 0 fully saturated rings. The molecule has 1 aromatic carbocycles. The fourth-order valence-corrected chi connectivity index (χ4v) is 4.10. The number of hydrogen-bond donors (Lipinski definition) is 1. The highest BCUT2D eigenvalue weighted by Gasteiger charge is 2.18. The normalized spacial score (nSPS) is 12.7. The number of thiophene rings is 1. The van der Waals surface area contributed by atoms with Gasteiger partial charge in [-0.05, 0) is 58.7 Å². The first kappa shape index (κ1) is 15.3. The summed E-state index contributed by atoms with van der Waals surface area (Å²) in [5.41, 5.74) is 2.40. The topological polar surface area (TPSA) is 12.0 Å². The number of nitrogens with one attached hydrogen (secondary N) is 1. The zero-order valence-electron chi connectivity index (χ0n) is 10.6. The maximum atomic E-state index is 6.12. The zero-order valence-corrected chi connectivity index (χ0v) is 14.6. The molecule has 102 valence electrons. The molecule has 1 atom stereocenters. The van der Waals surface area contributed by atoms with Gasteiger partial charge in [0.05, 0.1) is 19.9 Å². The van der Waals surface area contributed by atoms with Crippen LogP contribution in [0.4, 0.5) is 0 Å². The van der Waals surface area contributed by atoms with Gasteiger partial charge in [0, 0.05) is 4.88 Å². The van der Waals surface area contributed by atoms with Crippen molar-refractivity contribution < 1.29 is 0 Å². The molecule has 0 amide bonds. The third kappa shape index (κ3) is 3.53. The van der Waals surface area contributed by atoms with Crippen LogP contribution < -0.4 is 5.32 Å². The van der Waals surface area contributed by atoms with Gasteiger partial charge in [-0.25, -0.2) is 0 Å². The van der Waals surface area contributed by atoms with Gasteiger partial charge in [0.15, 0.2) is 0 Å². The monoisotopic (exact) mass is 377 g/mol. The van der Waals surface area contributed by atoms with Gasteiger partial charge in [0.1, 0.15) is 0 Å². The van der Waals surface area contributed by atoms with Gasteiger partial charge in [0.2, 0.25) is 0 Å². The van der Waals surface area contributed by atoms with Crippen molar-refractivity contribution in [1.82, 2.24) is 5.32 Å². The highest BCUT2D eigenvalue weighted by atomic mass is 79.9. The van der Waals surface area contributed by atoms with Crippen LogP contribution in [-0.4, -0.2) is 6.54 Å². The molecule has 0 aliphatic rings. The quantitative estimate of drug-likeness (QED) is 0.706. The highest BCUT2D eigenvalue weighted by Crippen LogP contribution is 2.35. The molecule has 19 heavy (non-hydrogen) atoms. The Morgan fingerprint density at radius 3 is 2.53 bits per heavy atom. The van der Waals surface area contributed by atoms with Gasteiger partial charge in [-0.2, -0.15) is 0 Å². The first-order chi connectivity index (χ1) is 9.02. The molecule has 0 spiro atoms. The van der Waals surface area contributed by atoms with E-state index in [-0.39, 0.29) is 6.04 Å². The lowest BCUT2D eigenvalue weighted by molar-refractivity contribution is 0.630. The predicted molar refractivity (Wildman–Crippen MR) is 88.7 cm³/mol. The predicted octanol–water partition coefficient (Wildman–Crippen LogP) is 5.82. The summed E-state index contributed by atoms with van der Waals surface area (Å²) in [6.07, 6.45) is 0. The van der Waals surface area contributed by atoms with E-state index in [1.165, 1.54) is 10.4 Å². The minimum atomic E-state index is 0.141. The summed E-state index contributed by atoms with van der Waals surface area (Å²) in [7, 11) is 0. The molecule has 1 nitrogen and oxygen atoms in total. The SMILES string of the molecule is CCNC(c1ccc(Cl)c(Cl)c1)c1cc(Br)sc1C. The molecular weight excluding hydrogens is 365 g/mol. The van der Waals surface area contributed by atoms with Crippen LogP contribution in [0.15, 0.2) is 28.1 Å². The van der Waals surface area contributed by atoms with E-state index in [0.29, 0.717) is 10.0 Å². The fraction of sp³-hybridized carbons (Fsp3) is 0.286. The molecule has 1 heterocycles. The second-order valence-corrected chi connectivity index (χ2v) is 7.68. The number of rotatable bonds is 4. The molecule has 0 saturated carbocycles. The summed E-state index contributed by atoms with van der Waals surface area (Å²) in [6.45, 7) is 5.12. The Hall–Kier alpha value is -0.0600. The number of benzene rings is 1. The second-order valence-electron chi connectivity index (χ2n) is 4.23. The van der Waals surface area contributed by atoms with E-state index in [1.54, 1.807) is 11.3 Å². The number of hydrogen-bond acceptors (Lipinski definition) is 2. The summed E-state index contributed by atoms with van der Waals surface area (Å²) in [5.74, 6) is 0. The summed E-state index contributed by atoms with van der Waals surface area (Å²) in [4.78, 5) is 1.30. The zero-order chi connectivity index (χ0) is 14.0. The van der Waals surface area contributed by atoms with Crippen molar-refractivity contribution in [3.05, 3.63) is 54.1 Å². The molecular formula is C14H14BrCl2NS. The highest BCUT2D eigenvalue weighted by molar-refractivity contribution is 9.11. The number of halogens is 3. The molecule has 1 aromatic heterocycles. The van der Waals surface area contributed by atoms with Crippen LogP contribution in [-0.2, 0) is 0 Å². The van der Waals surface area contributed by atoms with Crippen LogP contribution in [0.1, 0.15) is 29.0 Å². The van der Waals surface area contributed by atoms with Crippen molar-refractivity contribution in [3.63, 3.8) is 0 Å². The van der Waals surface area contributed by atoms with E-state index in [0.717, 1.165) is 15.9 Å². The lowest BCUT2D eigenvalue weighted by Crippen LogP contribution is -2.22. The van der Waals surface area contributed by atoms with Gasteiger partial charge >= 0.3 is 0 Å². The van der Waals surface area contributed by atoms with Gasteiger partial charge in [-0.1, -0.05) is 36.2 Å². The minimum Gasteiger partial charge on any atom is -0.306 e. The van der Waals surface area contributed by atoms with Crippen molar-refractivity contribution in [2.75, 3.05) is 6.54 Å². The van der Waals surface area contributed by atoms with E-state index >= 15 is 0 Å². The Balaban J connectivity index is 2.44. The molecule has 0 saturated heterocycles. The van der Waals surface area contributed by atoms with Gasteiger partial charge in [0.25, 0.3) is 0 Å². The Bertz CT molecular complexity index is 583. The second kappa shape index (κ2) is 6.59. The molecule has 5 heteroatoms. The van der Waals surface area contributed by atoms with Crippen molar-refractivity contribution >= 4 is 50.5 Å². The van der Waals surface area contributed by atoms with Crippen LogP contribution in [0.25, 0.3) is 0 Å². The Morgan fingerprint density at radius 2 is 2.00 bits per heavy atom. The van der Waals surface area contributed by atoms with Crippen molar-refractivity contribution in [2.45, 2.75) is 19.9 Å². The summed E-state index contributed by atoms with van der Waals surface area (Å²) < 4.78 is 1.14. The largest absolute Gasteiger partial charge is 0.306 e. The van der Waals surface area contributed by atoms with Crippen LogP contribution >= 0.6 is 50.5 Å². The maximum Gasteiger partial charge on any atom is 0.0704 e. The molecule has 0 aliphatic heterocycles. The first-order valence-corrected chi connectivity index (χ1v) is 8.33. The van der Waals surface area contributed by atoms with Crippen LogP contribution in [0.5, 0.6) is 0 Å². The van der Waals surface area contributed by atoms with Crippen LogP contribution in [0, 0.1) is 6.92 Å². The lowest BCUT2D eigenvalue weighted by atomic mass is 9.99. The number of aryl methyl sites for hydroxylation is 1. The van der Waals surface area contributed by atoms with E-state index in [2.05, 4.69) is 41.2 Å². The van der Waals surface area contributed by atoms with Crippen LogP contribution in [0.3, 0.4) is 0 Å². The Morgan fingerprint density at radius 1 is 1.26 bits per heavy atom. The van der Waals surface area contributed by atoms with Gasteiger partial charge in [-0.3, -0.25) is 0 Å². The molecule has 1 N–H and O–H groups in total. The smallest absolute Gasteiger partial charge is 0.0704 e. The van der Waals surface area contributed by atoms with E-state index in [9.17, 15) is 0 Å². The van der Waals surface area contributed by atoms with Crippen molar-refractivity contribution in [3.8, 4) is 0 Å². The third-order valence-electron chi connectivity index (χ3n) is 2.92. The molecule has 0 aliphatic carbocycles. The summed E-state index contributed by atoms with van der Waals surface area (Å²) in [6, 6.07) is 8.10. The Labute approximate surface area is 136 Å². The molecule has 0 radical (unpaired) electrons. The molecule has 1 unspecified atom stereocenters. The average Bonchev–Trinajstić information content (AvgIpc) is 2.69. The van der Waals surface area contributed by atoms with Gasteiger partial charge < -0.3 is 5.32 Å². The van der Waals surface area contributed by atoms with E-state index < -0.39 is 0 Å². The van der Waals surface area contributed by atoms with E-state index in [1.807, 2.05) is 18.2 Å². The third-order valence-corrected chi connectivity index (χ3v) is 5.23. The standard InChI is InChI=1S/C14H14BrCl2NS/c1-3-18-14(10-7-13(15)19-8(10)2)9-4-5-11(16)12(17)6-9/h4-7,14,18H,3H2,1-2H3. The molecule has 2 aromatic rings. The minimum absolute atomic E-state index is 0.141. The van der Waals surface area contributed by atoms with Crippen LogP contribution in [0.2, 0.25) is 10.0 Å². The molecule has 2 rings (SSSR count). The Kier molecular flexibility index (Phi) is 5.32. The lowest BCUT2D eigenvalue weighted by Gasteiger charge is -2.19. The molecule has 0 bridgehead atoms. The summed E-state index contributed by atoms with van der Waals surface area (Å²) in [5, 5.41) is 4.68. The van der Waals surface area contributed by atoms with Gasteiger partial charge in [-0.15, -0.1) is 11.3 Å². The first-order valence-electron chi connectivity index (χ1n) is 5.97. The van der Waals surface area contributed by atoms with Crippen molar-refractivity contribution in [2.24, 2.45) is 0 Å². The average molecular weight is 379 g/mol. The summed E-state index contributed by atoms with van der Waals surface area (Å²) >= 11 is 17.4. The fourth-order valence-electron chi connectivity index (χ4n) is 2.05. The van der Waals surface area contributed by atoms with Crippen molar-refractivity contribution in [1.29, 1.82) is 0 Å².